The number of ketones is 3. The van der Waals surface area contributed by atoms with E-state index in [1.54, 1.807) is 70.4 Å². The van der Waals surface area contributed by atoms with Gasteiger partial charge in [-0.25, -0.2) is 29.7 Å². The summed E-state index contributed by atoms with van der Waals surface area (Å²) in [6.07, 6.45) is 14.0. The lowest BCUT2D eigenvalue weighted by Gasteiger charge is -2.38. The minimum absolute atomic E-state index is 0.00572. The Kier molecular flexibility index (Phi) is 36.2. The van der Waals surface area contributed by atoms with E-state index < -0.39 is 11.1 Å². The Morgan fingerprint density at radius 1 is 0.395 bits per heavy atom. The van der Waals surface area contributed by atoms with Crippen LogP contribution in [0, 0.1) is 20.8 Å². The van der Waals surface area contributed by atoms with Gasteiger partial charge in [-0.05, 0) is 163 Å². The van der Waals surface area contributed by atoms with E-state index in [0.29, 0.717) is 87.4 Å². The number of nitrogens with one attached hydrogen (secondary N) is 6. The van der Waals surface area contributed by atoms with Crippen LogP contribution in [0.4, 0.5) is 67.9 Å². The quantitative estimate of drug-likeness (QED) is 0.0195. The largest absolute Gasteiger partial charge is 0.495 e. The number of urea groups is 1. The summed E-state index contributed by atoms with van der Waals surface area (Å²) in [7, 11) is 8.71. The Balaban J connectivity index is 0.000000184. The third-order valence-electron chi connectivity index (χ3n) is 23.7. The predicted octanol–water partition coefficient (Wildman–Crippen LogP) is 22.5. The summed E-state index contributed by atoms with van der Waals surface area (Å²) in [5.74, 6) is 1.43. The molecular weight excluding hydrogens is 2000 g/mol. The van der Waals surface area contributed by atoms with Crippen LogP contribution in [0.2, 0.25) is 30.1 Å². The number of rotatable bonds is 39. The number of benzene rings is 9. The molecule has 0 spiro atoms. The molecule has 0 atom stereocenters. The van der Waals surface area contributed by atoms with Crippen LogP contribution in [0.25, 0.3) is 44.7 Å². The summed E-state index contributed by atoms with van der Waals surface area (Å²) in [4.78, 5) is 146. The fourth-order valence-electron chi connectivity index (χ4n) is 16.0. The van der Waals surface area contributed by atoms with Crippen LogP contribution in [0.1, 0.15) is 55.6 Å². The van der Waals surface area contributed by atoms with Gasteiger partial charge >= 0.3 is 6.03 Å². The molecule has 0 fully saturated rings. The van der Waals surface area contributed by atoms with Crippen molar-refractivity contribution in [1.82, 2.24) is 39.0 Å². The zero-order valence-corrected chi connectivity index (χ0v) is 85.9. The number of hydrogen-bond donors (Lipinski definition) is 6. The minimum Gasteiger partial charge on any atom is -0.495 e. The standard InChI is InChI=1S/C37H35Cl2N5O5.C37H33Cl2N5O5.C36H32Cl2N6O5/c1-6-27(45)17-24-10-8-9-22(3)35(24)42-31-18-28-25(20-40-31)21-44(36-33(38)29(48-4)19-30(49-5)34(36)39)37(47)43(28)16-15-23-11-13-26(14-12-23)41-32(46)7-2;1-6-25(45)17-23-10-8-9-21(3)35(23)43-30-18-27-26(20-40-30)42-36(32-33(38)28(48-4)19-29(49-5)34(32)39)37(47)44(27)16-15-22-11-13-24(14-12-22)41-31(46)7-2;1-6-24(45)17-22-10-8-9-20(3)32(22)42-36-39-19-25-34(43-36)44(16-15-21-11-13-23(14-12-21)40-28(46)7-2)35(47)33(41-25)29-30(37)26(48-4)18-27(49-5)31(29)38/h6-14,18-20H,1-2,15-17,21H2,3-5H3,(H,40,42)(H,41,46);6-14,18-20H,1-2,15-17H2,3-5H3,(H,40,43)(H,41,46);6-14,18-19H,1-2,15-17H2,3-5H3,(H,40,46)(H,39,42,43). The summed E-state index contributed by atoms with van der Waals surface area (Å²) in [6.45, 7) is 27.8. The van der Waals surface area contributed by atoms with Crippen LogP contribution >= 0.6 is 69.6 Å². The number of carbonyl (C=O) groups excluding carboxylic acids is 7. The van der Waals surface area contributed by atoms with Gasteiger partial charge in [-0.2, -0.15) is 4.98 Å². The van der Waals surface area contributed by atoms with Crippen molar-refractivity contribution in [3.8, 4) is 57.0 Å². The second-order valence-electron chi connectivity index (χ2n) is 33.0. The van der Waals surface area contributed by atoms with Gasteiger partial charge in [0.2, 0.25) is 23.7 Å². The number of fused-ring (bicyclic) bond motifs is 3. The first-order valence-electron chi connectivity index (χ1n) is 45.4. The molecule has 15 rings (SSSR count). The molecule has 5 aromatic heterocycles. The Labute approximate surface area is 876 Å². The van der Waals surface area contributed by atoms with Gasteiger partial charge in [0.25, 0.3) is 11.1 Å². The molecule has 0 saturated heterocycles. The summed E-state index contributed by atoms with van der Waals surface area (Å²) in [6, 6.07) is 46.7. The highest BCUT2D eigenvalue weighted by Crippen LogP contribution is 2.51. The third kappa shape index (κ3) is 25.2. The Morgan fingerprint density at radius 2 is 0.748 bits per heavy atom. The second-order valence-corrected chi connectivity index (χ2v) is 35.3. The first-order chi connectivity index (χ1) is 70.7. The molecule has 5 amide bonds. The van der Waals surface area contributed by atoms with Crippen LogP contribution in [0.5, 0.6) is 34.5 Å². The fraction of sp³-hybridized carbons (Fsp3) is 0.173. The molecule has 37 heteroatoms. The smallest absolute Gasteiger partial charge is 0.329 e. The van der Waals surface area contributed by atoms with Crippen LogP contribution in [0.15, 0.2) is 262 Å². The van der Waals surface area contributed by atoms with Gasteiger partial charge in [0.05, 0.1) is 110 Å². The van der Waals surface area contributed by atoms with Crippen LogP contribution in [-0.2, 0) is 86.9 Å². The average molecular weight is 2100 g/mol. The van der Waals surface area contributed by atoms with Gasteiger partial charge in [0, 0.05) is 115 Å². The van der Waals surface area contributed by atoms with E-state index in [4.69, 9.17) is 108 Å². The summed E-state index contributed by atoms with van der Waals surface area (Å²) >= 11 is 40.5. The van der Waals surface area contributed by atoms with Gasteiger partial charge in [0.1, 0.15) is 78.6 Å². The number of hydrogen-bond acceptors (Lipinski definition) is 24. The minimum atomic E-state index is -0.515. The van der Waals surface area contributed by atoms with E-state index in [1.165, 1.54) is 107 Å². The molecule has 147 heavy (non-hydrogen) atoms. The molecule has 0 bridgehead atoms. The molecule has 1 aliphatic rings. The maximum atomic E-state index is 14.5. The van der Waals surface area contributed by atoms with Crippen molar-refractivity contribution in [1.29, 1.82) is 0 Å². The third-order valence-corrected chi connectivity index (χ3v) is 25.9. The van der Waals surface area contributed by atoms with Crippen molar-refractivity contribution >= 4 is 196 Å². The molecule has 0 aliphatic carbocycles. The highest BCUT2D eigenvalue weighted by Gasteiger charge is 2.37. The van der Waals surface area contributed by atoms with E-state index in [9.17, 15) is 43.2 Å². The van der Waals surface area contributed by atoms with E-state index in [-0.39, 0.29) is 179 Å². The number of nitrogens with zero attached hydrogens (tertiary/aromatic N) is 10. The zero-order valence-electron chi connectivity index (χ0n) is 81.4. The molecular formula is C110H100Cl6N16O15. The Bertz CT molecular complexity index is 7300. The lowest BCUT2D eigenvalue weighted by Crippen LogP contribution is -2.48. The molecule has 0 unspecified atom stereocenters. The van der Waals surface area contributed by atoms with Gasteiger partial charge in [-0.3, -0.25) is 52.7 Å². The number of ether oxygens (including phenoxy) is 6. The van der Waals surface area contributed by atoms with E-state index in [0.717, 1.165) is 67.0 Å². The average Bonchev–Trinajstić information content (AvgIpc) is 0.756. The molecule has 14 aromatic rings. The van der Waals surface area contributed by atoms with E-state index >= 15 is 0 Å². The molecule has 6 N–H and O–H groups in total. The van der Waals surface area contributed by atoms with Crippen LogP contribution in [-0.4, -0.2) is 129 Å². The normalized spacial score (nSPS) is 11.3. The number of anilines is 11. The number of aryl methyl sites for hydroxylation is 7. The number of para-hydroxylation sites is 3. The maximum absolute atomic E-state index is 14.5. The van der Waals surface area contributed by atoms with Crippen molar-refractivity contribution in [3.05, 3.63) is 359 Å². The predicted molar refractivity (Wildman–Crippen MR) is 582 cm³/mol. The second kappa shape index (κ2) is 49.3. The summed E-state index contributed by atoms with van der Waals surface area (Å²) < 4.78 is 35.8. The molecule has 0 saturated carbocycles. The first-order valence-corrected chi connectivity index (χ1v) is 47.7. The van der Waals surface area contributed by atoms with Crippen molar-refractivity contribution in [3.63, 3.8) is 0 Å². The molecule has 9 aromatic carbocycles. The van der Waals surface area contributed by atoms with Crippen LogP contribution < -0.4 is 81.2 Å². The topological polar surface area (TPSA) is 375 Å². The number of amides is 5. The maximum Gasteiger partial charge on any atom is 0.329 e. The van der Waals surface area contributed by atoms with Crippen molar-refractivity contribution in [2.75, 3.05) is 90.9 Å². The summed E-state index contributed by atoms with van der Waals surface area (Å²) in [5.41, 5.74) is 14.1. The van der Waals surface area contributed by atoms with Gasteiger partial charge in [-0.1, -0.05) is 200 Å². The number of halogens is 6. The van der Waals surface area contributed by atoms with Crippen molar-refractivity contribution < 1.29 is 62.0 Å². The first kappa shape index (κ1) is 108. The zero-order chi connectivity index (χ0) is 106. The number of methoxy groups -OCH3 is 6. The molecule has 31 nitrogen and oxygen atoms in total. The number of carbonyl (C=O) groups is 7. The van der Waals surface area contributed by atoms with Crippen molar-refractivity contribution in [2.24, 2.45) is 0 Å². The van der Waals surface area contributed by atoms with Gasteiger partial charge in [-0.15, -0.1) is 0 Å². The summed E-state index contributed by atoms with van der Waals surface area (Å²) in [5, 5.41) is 18.8. The molecule has 752 valence electrons. The molecule has 1 aliphatic heterocycles. The fourth-order valence-corrected chi connectivity index (χ4v) is 18.1. The van der Waals surface area contributed by atoms with Gasteiger partial charge < -0.3 is 64.9 Å². The van der Waals surface area contributed by atoms with E-state index in [1.807, 2.05) is 118 Å². The van der Waals surface area contributed by atoms with Crippen molar-refractivity contribution in [2.45, 2.75) is 78.9 Å². The Hall–Kier alpha value is -16.3. The number of pyridine rings is 2. The molecule has 0 radical (unpaired) electrons. The lowest BCUT2D eigenvalue weighted by molar-refractivity contribution is -0.114. The highest BCUT2D eigenvalue weighted by molar-refractivity contribution is 6.43. The lowest BCUT2D eigenvalue weighted by atomic mass is 10.0. The Morgan fingerprint density at radius 3 is 1.14 bits per heavy atom. The molecule has 6 heterocycles. The number of aromatic nitrogens is 8. The van der Waals surface area contributed by atoms with Gasteiger partial charge in [0.15, 0.2) is 23.0 Å². The number of allylic oxidation sites excluding steroid dienone is 3. The highest BCUT2D eigenvalue weighted by atomic mass is 35.5. The van der Waals surface area contributed by atoms with Crippen LogP contribution in [0.3, 0.4) is 0 Å². The monoisotopic (exact) mass is 2090 g/mol. The SMILES string of the molecule is C=CC(=O)Cc1cccc(C)c1Nc1cc2c(cn1)CN(c1c(Cl)c(OC)cc(OC)c1Cl)C(=O)N2CCc1ccc(NC(=O)C=C)cc1.C=CC(=O)Cc1cccc(C)c1Nc1cc2c(cn1)nc(-c1c(Cl)c(OC)cc(OC)c1Cl)c(=O)n2CCc1ccc(NC(=O)C=C)cc1.C=CC(=O)Cc1cccc(C)c1Nc1ncc2nc(-c3c(Cl)c(OC)cc(OC)c3Cl)c(=O)n(CCc3ccc(NC(=O)C=C)cc3)c2n1. The van der Waals surface area contributed by atoms with E-state index in [2.05, 4.69) is 91.3 Å².